The molecule has 1 atom stereocenters. The van der Waals surface area contributed by atoms with Crippen LogP contribution in [0.15, 0.2) is 24.4 Å². The minimum Gasteiger partial charge on any atom is -0.494 e. The lowest BCUT2D eigenvalue weighted by Gasteiger charge is -2.17. The van der Waals surface area contributed by atoms with Crippen LogP contribution >= 0.6 is 0 Å². The van der Waals surface area contributed by atoms with Crippen molar-refractivity contribution in [2.24, 2.45) is 0 Å². The topological polar surface area (TPSA) is 42.4 Å². The van der Waals surface area contributed by atoms with Crippen molar-refractivity contribution in [3.05, 3.63) is 30.1 Å². The number of aliphatic hydroxyl groups excluding tert-OH is 1. The summed E-state index contributed by atoms with van der Waals surface area (Å²) in [5, 5.41) is 9.56. The minimum absolute atomic E-state index is 0.333. The maximum atomic E-state index is 9.56. The van der Waals surface area contributed by atoms with Crippen molar-refractivity contribution in [2.75, 3.05) is 7.11 Å². The molecule has 1 aliphatic rings. The van der Waals surface area contributed by atoms with Gasteiger partial charge in [-0.25, -0.2) is 0 Å². The average molecular weight is 205 g/mol. The van der Waals surface area contributed by atoms with Gasteiger partial charge in [-0.1, -0.05) is 6.08 Å². The number of methoxy groups -OCH3 is 1. The van der Waals surface area contributed by atoms with Crippen molar-refractivity contribution in [1.29, 1.82) is 0 Å². The molecule has 3 heteroatoms. The average Bonchev–Trinajstić information content (AvgIpc) is 2.29. The van der Waals surface area contributed by atoms with E-state index in [2.05, 4.69) is 4.98 Å². The highest BCUT2D eigenvalue weighted by Crippen LogP contribution is 2.30. The highest BCUT2D eigenvalue weighted by molar-refractivity contribution is 5.68. The SMILES string of the molecule is COc1cccnc1C1=CC(O)CCC1. The lowest BCUT2D eigenvalue weighted by atomic mass is 9.94. The van der Waals surface area contributed by atoms with E-state index in [4.69, 9.17) is 4.74 Å². The number of aliphatic hydroxyl groups is 1. The molecule has 0 aromatic carbocycles. The van der Waals surface area contributed by atoms with E-state index in [0.29, 0.717) is 0 Å². The predicted octanol–water partition coefficient (Wildman–Crippen LogP) is 2.02. The quantitative estimate of drug-likeness (QED) is 0.803. The molecule has 0 spiro atoms. The molecule has 80 valence electrons. The summed E-state index contributed by atoms with van der Waals surface area (Å²) in [6, 6.07) is 3.74. The molecule has 2 rings (SSSR count). The van der Waals surface area contributed by atoms with Gasteiger partial charge in [0.1, 0.15) is 11.4 Å². The first-order valence-corrected chi connectivity index (χ1v) is 5.19. The molecule has 1 aromatic rings. The number of nitrogens with zero attached hydrogens (tertiary/aromatic N) is 1. The van der Waals surface area contributed by atoms with Crippen molar-refractivity contribution in [2.45, 2.75) is 25.4 Å². The molecule has 0 radical (unpaired) electrons. The number of hydrogen-bond donors (Lipinski definition) is 1. The number of pyridine rings is 1. The summed E-state index contributed by atoms with van der Waals surface area (Å²) in [6.07, 6.45) is 6.12. The zero-order valence-electron chi connectivity index (χ0n) is 8.81. The predicted molar refractivity (Wildman–Crippen MR) is 58.6 cm³/mol. The fourth-order valence-electron chi connectivity index (χ4n) is 1.89. The molecule has 1 aromatic heterocycles. The zero-order valence-corrected chi connectivity index (χ0v) is 8.81. The van der Waals surface area contributed by atoms with E-state index in [-0.39, 0.29) is 6.10 Å². The minimum atomic E-state index is -0.333. The van der Waals surface area contributed by atoms with Crippen LogP contribution < -0.4 is 4.74 Å². The van der Waals surface area contributed by atoms with Crippen molar-refractivity contribution < 1.29 is 9.84 Å². The third kappa shape index (κ3) is 2.18. The molecule has 0 bridgehead atoms. The molecule has 1 unspecified atom stereocenters. The Labute approximate surface area is 89.4 Å². The molecule has 1 aliphatic carbocycles. The maximum Gasteiger partial charge on any atom is 0.144 e. The molecule has 0 saturated carbocycles. The van der Waals surface area contributed by atoms with Crippen LogP contribution in [0.25, 0.3) is 5.57 Å². The number of allylic oxidation sites excluding steroid dienone is 1. The Kier molecular flexibility index (Phi) is 3.02. The van der Waals surface area contributed by atoms with Crippen molar-refractivity contribution >= 4 is 5.57 Å². The third-order valence-corrected chi connectivity index (χ3v) is 2.63. The van der Waals surface area contributed by atoms with E-state index in [0.717, 1.165) is 36.3 Å². The second kappa shape index (κ2) is 4.45. The molecule has 0 aliphatic heterocycles. The number of aromatic nitrogens is 1. The summed E-state index contributed by atoms with van der Waals surface area (Å²) in [7, 11) is 1.64. The van der Waals surface area contributed by atoms with Crippen molar-refractivity contribution in [1.82, 2.24) is 4.98 Å². The van der Waals surface area contributed by atoms with Gasteiger partial charge >= 0.3 is 0 Å². The van der Waals surface area contributed by atoms with E-state index in [1.165, 1.54) is 0 Å². The van der Waals surface area contributed by atoms with Crippen LogP contribution in [-0.2, 0) is 0 Å². The highest BCUT2D eigenvalue weighted by atomic mass is 16.5. The highest BCUT2D eigenvalue weighted by Gasteiger charge is 2.15. The summed E-state index contributed by atoms with van der Waals surface area (Å²) in [6.45, 7) is 0. The maximum absolute atomic E-state index is 9.56. The summed E-state index contributed by atoms with van der Waals surface area (Å²) in [5.41, 5.74) is 1.95. The van der Waals surface area contributed by atoms with Gasteiger partial charge in [0.05, 0.1) is 13.2 Å². The fraction of sp³-hybridized carbons (Fsp3) is 0.417. The smallest absolute Gasteiger partial charge is 0.144 e. The molecule has 1 heterocycles. The van der Waals surface area contributed by atoms with E-state index in [9.17, 15) is 5.11 Å². The Morgan fingerprint density at radius 3 is 3.13 bits per heavy atom. The van der Waals surface area contributed by atoms with Crippen LogP contribution in [0.4, 0.5) is 0 Å². The van der Waals surface area contributed by atoms with Gasteiger partial charge in [0.25, 0.3) is 0 Å². The van der Waals surface area contributed by atoms with Crippen LogP contribution in [0, 0.1) is 0 Å². The van der Waals surface area contributed by atoms with Gasteiger partial charge in [0.2, 0.25) is 0 Å². The molecule has 15 heavy (non-hydrogen) atoms. The van der Waals surface area contributed by atoms with E-state index in [1.807, 2.05) is 18.2 Å². The monoisotopic (exact) mass is 205 g/mol. The number of ether oxygens (including phenoxy) is 1. The van der Waals surface area contributed by atoms with Crippen molar-refractivity contribution in [3.8, 4) is 5.75 Å². The van der Waals surface area contributed by atoms with Gasteiger partial charge in [-0.3, -0.25) is 4.98 Å². The molecule has 0 fully saturated rings. The Balaban J connectivity index is 2.36. The van der Waals surface area contributed by atoms with Gasteiger partial charge in [-0.05, 0) is 37.0 Å². The first kappa shape index (κ1) is 10.2. The van der Waals surface area contributed by atoms with E-state index >= 15 is 0 Å². The van der Waals surface area contributed by atoms with Crippen LogP contribution in [-0.4, -0.2) is 23.3 Å². The first-order valence-electron chi connectivity index (χ1n) is 5.19. The molecule has 1 N–H and O–H groups in total. The van der Waals surface area contributed by atoms with Gasteiger partial charge in [0.15, 0.2) is 0 Å². The van der Waals surface area contributed by atoms with Crippen LogP contribution in [0.3, 0.4) is 0 Å². The lowest BCUT2D eigenvalue weighted by molar-refractivity contribution is 0.206. The molecule has 0 saturated heterocycles. The Morgan fingerprint density at radius 1 is 1.53 bits per heavy atom. The largest absolute Gasteiger partial charge is 0.494 e. The summed E-state index contributed by atoms with van der Waals surface area (Å²) in [4.78, 5) is 4.30. The third-order valence-electron chi connectivity index (χ3n) is 2.63. The van der Waals surface area contributed by atoms with Crippen LogP contribution in [0.5, 0.6) is 5.75 Å². The van der Waals surface area contributed by atoms with Gasteiger partial charge in [0, 0.05) is 6.20 Å². The normalized spacial score (nSPS) is 20.9. The fourth-order valence-corrected chi connectivity index (χ4v) is 1.89. The summed E-state index contributed by atoms with van der Waals surface area (Å²) >= 11 is 0. The Bertz CT molecular complexity index is 374. The Hall–Kier alpha value is -1.35. The Morgan fingerprint density at radius 2 is 2.40 bits per heavy atom. The van der Waals surface area contributed by atoms with Crippen LogP contribution in [0.2, 0.25) is 0 Å². The second-order valence-corrected chi connectivity index (χ2v) is 3.71. The standard InChI is InChI=1S/C12H15NO2/c1-15-11-6-3-7-13-12(11)9-4-2-5-10(14)8-9/h3,6-8,10,14H,2,4-5H2,1H3. The van der Waals surface area contributed by atoms with Gasteiger partial charge in [-0.15, -0.1) is 0 Å². The number of rotatable bonds is 2. The number of hydrogen-bond acceptors (Lipinski definition) is 3. The summed E-state index contributed by atoms with van der Waals surface area (Å²) in [5.74, 6) is 0.776. The lowest BCUT2D eigenvalue weighted by Crippen LogP contribution is -2.09. The molecule has 0 amide bonds. The molecular weight excluding hydrogens is 190 g/mol. The van der Waals surface area contributed by atoms with Gasteiger partial charge in [-0.2, -0.15) is 0 Å². The zero-order chi connectivity index (χ0) is 10.7. The van der Waals surface area contributed by atoms with Crippen molar-refractivity contribution in [3.63, 3.8) is 0 Å². The second-order valence-electron chi connectivity index (χ2n) is 3.71. The molecular formula is C12H15NO2. The van der Waals surface area contributed by atoms with Gasteiger partial charge < -0.3 is 9.84 Å². The molecule has 3 nitrogen and oxygen atoms in total. The summed E-state index contributed by atoms with van der Waals surface area (Å²) < 4.78 is 5.25. The van der Waals surface area contributed by atoms with Crippen LogP contribution in [0.1, 0.15) is 25.0 Å². The van der Waals surface area contributed by atoms with E-state index < -0.39 is 0 Å². The first-order chi connectivity index (χ1) is 7.31. The van der Waals surface area contributed by atoms with E-state index in [1.54, 1.807) is 13.3 Å².